The van der Waals surface area contributed by atoms with Gasteiger partial charge in [0.25, 0.3) is 0 Å². The van der Waals surface area contributed by atoms with E-state index >= 15 is 0 Å². The second-order valence-corrected chi connectivity index (χ2v) is 7.48. The van der Waals surface area contributed by atoms with Crippen LogP contribution in [-0.2, 0) is 0 Å². The Hall–Kier alpha value is -1.41. The number of benzene rings is 2. The van der Waals surface area contributed by atoms with Crippen molar-refractivity contribution in [1.29, 1.82) is 0 Å². The molecule has 1 atom stereocenters. The van der Waals surface area contributed by atoms with E-state index in [1.807, 2.05) is 12.1 Å². The van der Waals surface area contributed by atoms with Crippen molar-refractivity contribution in [2.75, 3.05) is 13.2 Å². The maximum absolute atomic E-state index is 6.17. The van der Waals surface area contributed by atoms with Crippen LogP contribution < -0.4 is 9.47 Å². The lowest BCUT2D eigenvalue weighted by Crippen LogP contribution is -2.02. The van der Waals surface area contributed by atoms with Crippen LogP contribution in [0.15, 0.2) is 36.4 Å². The fraction of sp³-hybridized carbons (Fsp3) is 0.565. The molecule has 0 saturated carbocycles. The Kier molecular flexibility index (Phi) is 9.70. The maximum Gasteiger partial charge on any atom is 0.127 e. The molecule has 0 radical (unpaired) electrons. The largest absolute Gasteiger partial charge is 0.493 e. The zero-order valence-electron chi connectivity index (χ0n) is 16.3. The molecule has 2 rings (SSSR count). The lowest BCUT2D eigenvalue weighted by molar-refractivity contribution is 0.302. The third-order valence-electron chi connectivity index (χ3n) is 4.71. The van der Waals surface area contributed by atoms with E-state index in [2.05, 4.69) is 38.1 Å². The molecule has 2 nitrogen and oxygen atoms in total. The summed E-state index contributed by atoms with van der Waals surface area (Å²) >= 11 is 6.17. The highest BCUT2D eigenvalue weighted by atomic mass is 35.5. The van der Waals surface area contributed by atoms with Crippen LogP contribution in [0.2, 0.25) is 0 Å². The van der Waals surface area contributed by atoms with Gasteiger partial charge in [-0.2, -0.15) is 0 Å². The van der Waals surface area contributed by atoms with Crippen LogP contribution >= 0.6 is 11.6 Å². The second-order valence-electron chi connectivity index (χ2n) is 6.87. The van der Waals surface area contributed by atoms with Gasteiger partial charge in [0.05, 0.1) is 13.2 Å². The quantitative estimate of drug-likeness (QED) is 0.268. The van der Waals surface area contributed by atoms with Gasteiger partial charge in [-0.25, -0.2) is 0 Å². The Morgan fingerprint density at radius 2 is 1.35 bits per heavy atom. The van der Waals surface area contributed by atoms with Gasteiger partial charge in [0.2, 0.25) is 0 Å². The Bertz CT molecular complexity index is 641. The number of halogens is 1. The SMILES string of the molecule is CCCCCCOc1ccc(OCCCCC(Cl)CC)c2ccccc12. The van der Waals surface area contributed by atoms with Crippen LogP contribution in [-0.4, -0.2) is 18.6 Å². The van der Waals surface area contributed by atoms with Crippen LogP contribution in [0.5, 0.6) is 11.5 Å². The van der Waals surface area contributed by atoms with Gasteiger partial charge in [-0.05, 0) is 44.2 Å². The molecule has 3 heteroatoms. The molecule has 0 spiro atoms. The number of fused-ring (bicyclic) bond motifs is 1. The Labute approximate surface area is 163 Å². The summed E-state index contributed by atoms with van der Waals surface area (Å²) in [5.74, 6) is 1.90. The Morgan fingerprint density at radius 3 is 1.88 bits per heavy atom. The van der Waals surface area contributed by atoms with E-state index in [9.17, 15) is 0 Å². The summed E-state index contributed by atoms with van der Waals surface area (Å²) in [5.41, 5.74) is 0. The van der Waals surface area contributed by atoms with E-state index in [4.69, 9.17) is 21.1 Å². The molecule has 0 N–H and O–H groups in total. The molecular formula is C23H33ClO2. The maximum atomic E-state index is 6.17. The second kappa shape index (κ2) is 12.1. The van der Waals surface area contributed by atoms with Gasteiger partial charge in [-0.15, -0.1) is 11.6 Å². The third kappa shape index (κ3) is 6.72. The van der Waals surface area contributed by atoms with E-state index in [1.165, 1.54) is 19.3 Å². The molecule has 0 aliphatic carbocycles. The van der Waals surface area contributed by atoms with Gasteiger partial charge < -0.3 is 9.47 Å². The zero-order valence-corrected chi connectivity index (χ0v) is 17.1. The predicted molar refractivity (Wildman–Crippen MR) is 113 cm³/mol. The monoisotopic (exact) mass is 376 g/mol. The lowest BCUT2D eigenvalue weighted by Gasteiger charge is -2.14. The van der Waals surface area contributed by atoms with E-state index in [1.54, 1.807) is 0 Å². The minimum atomic E-state index is 0.296. The topological polar surface area (TPSA) is 18.5 Å². The molecular weight excluding hydrogens is 344 g/mol. The molecule has 0 fully saturated rings. The van der Waals surface area contributed by atoms with Gasteiger partial charge in [-0.1, -0.05) is 57.4 Å². The van der Waals surface area contributed by atoms with Gasteiger partial charge in [-0.3, -0.25) is 0 Å². The first-order valence-electron chi connectivity index (χ1n) is 10.2. The van der Waals surface area contributed by atoms with Crippen molar-refractivity contribution in [3.8, 4) is 11.5 Å². The minimum absolute atomic E-state index is 0.296. The van der Waals surface area contributed by atoms with Crippen molar-refractivity contribution in [3.63, 3.8) is 0 Å². The summed E-state index contributed by atoms with van der Waals surface area (Å²) in [6.07, 6.45) is 9.11. The average molecular weight is 377 g/mol. The summed E-state index contributed by atoms with van der Waals surface area (Å²) < 4.78 is 12.1. The normalized spacial score (nSPS) is 12.3. The van der Waals surface area contributed by atoms with Crippen LogP contribution in [0.4, 0.5) is 0 Å². The van der Waals surface area contributed by atoms with Gasteiger partial charge in [0.15, 0.2) is 0 Å². The summed E-state index contributed by atoms with van der Waals surface area (Å²) in [4.78, 5) is 0. The number of hydrogen-bond acceptors (Lipinski definition) is 2. The molecule has 26 heavy (non-hydrogen) atoms. The first-order chi connectivity index (χ1) is 12.8. The van der Waals surface area contributed by atoms with Crippen LogP contribution in [0, 0.1) is 0 Å². The molecule has 0 aromatic heterocycles. The van der Waals surface area contributed by atoms with Crippen molar-refractivity contribution in [1.82, 2.24) is 0 Å². The van der Waals surface area contributed by atoms with Crippen molar-refractivity contribution < 1.29 is 9.47 Å². The van der Waals surface area contributed by atoms with Crippen LogP contribution in [0.3, 0.4) is 0 Å². The first kappa shape index (κ1) is 20.9. The number of alkyl halides is 1. The highest BCUT2D eigenvalue weighted by Gasteiger charge is 2.08. The summed E-state index contributed by atoms with van der Waals surface area (Å²) in [6, 6.07) is 12.4. The van der Waals surface area contributed by atoms with E-state index < -0.39 is 0 Å². The average Bonchev–Trinajstić information content (AvgIpc) is 2.68. The molecule has 1 unspecified atom stereocenters. The fourth-order valence-electron chi connectivity index (χ4n) is 3.06. The van der Waals surface area contributed by atoms with Gasteiger partial charge in [0, 0.05) is 16.1 Å². The van der Waals surface area contributed by atoms with E-state index in [0.29, 0.717) is 5.38 Å². The molecule has 2 aromatic rings. The van der Waals surface area contributed by atoms with Crippen molar-refractivity contribution in [2.45, 2.75) is 70.6 Å². The number of unbranched alkanes of at least 4 members (excludes halogenated alkanes) is 4. The molecule has 2 aromatic carbocycles. The number of ether oxygens (including phenoxy) is 2. The highest BCUT2D eigenvalue weighted by Crippen LogP contribution is 2.33. The van der Waals surface area contributed by atoms with Crippen molar-refractivity contribution in [3.05, 3.63) is 36.4 Å². The summed E-state index contributed by atoms with van der Waals surface area (Å²) in [7, 11) is 0. The zero-order chi connectivity index (χ0) is 18.6. The molecule has 0 aliphatic heterocycles. The van der Waals surface area contributed by atoms with Crippen LogP contribution in [0.25, 0.3) is 10.8 Å². The first-order valence-corrected chi connectivity index (χ1v) is 10.6. The predicted octanol–water partition coefficient (Wildman–Crippen LogP) is 7.37. The Balaban J connectivity index is 1.91. The van der Waals surface area contributed by atoms with Crippen LogP contribution in [0.1, 0.15) is 65.2 Å². The van der Waals surface area contributed by atoms with Gasteiger partial charge in [0.1, 0.15) is 11.5 Å². The van der Waals surface area contributed by atoms with Crippen molar-refractivity contribution in [2.24, 2.45) is 0 Å². The van der Waals surface area contributed by atoms with E-state index in [-0.39, 0.29) is 0 Å². The Morgan fingerprint density at radius 1 is 0.769 bits per heavy atom. The van der Waals surface area contributed by atoms with Gasteiger partial charge >= 0.3 is 0 Å². The summed E-state index contributed by atoms with van der Waals surface area (Å²) in [6.45, 7) is 5.87. The number of rotatable bonds is 13. The highest BCUT2D eigenvalue weighted by molar-refractivity contribution is 6.20. The molecule has 0 amide bonds. The lowest BCUT2D eigenvalue weighted by atomic mass is 10.1. The standard InChI is InChI=1S/C23H33ClO2/c1-3-5-6-10-17-25-22-15-16-23(21-14-8-7-13-20(21)22)26-18-11-9-12-19(24)4-2/h7-8,13-16,19H,3-6,9-12,17-18H2,1-2H3. The molecule has 0 bridgehead atoms. The molecule has 144 valence electrons. The smallest absolute Gasteiger partial charge is 0.127 e. The number of hydrogen-bond donors (Lipinski definition) is 0. The molecule has 0 heterocycles. The fourth-order valence-corrected chi connectivity index (χ4v) is 3.21. The van der Waals surface area contributed by atoms with E-state index in [0.717, 1.165) is 67.6 Å². The third-order valence-corrected chi connectivity index (χ3v) is 5.24. The van der Waals surface area contributed by atoms with Crippen molar-refractivity contribution >= 4 is 22.4 Å². The minimum Gasteiger partial charge on any atom is -0.493 e. The molecule has 0 aliphatic rings. The summed E-state index contributed by atoms with van der Waals surface area (Å²) in [5, 5.41) is 2.55. The molecule has 0 saturated heterocycles.